The van der Waals surface area contributed by atoms with Crippen LogP contribution in [-0.4, -0.2) is 29.1 Å². The van der Waals surface area contributed by atoms with Crippen LogP contribution >= 0.6 is 0 Å². The molecule has 68 valence electrons. The van der Waals surface area contributed by atoms with E-state index in [4.69, 9.17) is 0 Å². The van der Waals surface area contributed by atoms with E-state index in [1.54, 1.807) is 6.08 Å². The summed E-state index contributed by atoms with van der Waals surface area (Å²) in [6.45, 7) is 4.38. The first-order chi connectivity index (χ1) is 5.85. The maximum absolute atomic E-state index is 10.1. The first-order valence-corrected chi connectivity index (χ1v) is 13.3. The summed E-state index contributed by atoms with van der Waals surface area (Å²) in [6, 6.07) is 0. The van der Waals surface area contributed by atoms with Gasteiger partial charge in [-0.15, -0.1) is 0 Å². The fraction of sp³-hybridized carbons (Fsp3) is 0.889. The second kappa shape index (κ2) is 9.39. The quantitative estimate of drug-likeness (QED) is 0.390. The van der Waals surface area contributed by atoms with Crippen molar-refractivity contribution in [2.75, 3.05) is 0 Å². The minimum absolute atomic E-state index is 1.23. The van der Waals surface area contributed by atoms with Crippen LogP contribution in [0.2, 0.25) is 7.96 Å². The van der Waals surface area contributed by atoms with Gasteiger partial charge >= 0.3 is 84.2 Å². The Bertz CT molecular complexity index is 135. The van der Waals surface area contributed by atoms with Crippen molar-refractivity contribution >= 4 is 29.1 Å². The van der Waals surface area contributed by atoms with Crippen molar-refractivity contribution in [2.45, 2.75) is 47.5 Å². The van der Waals surface area contributed by atoms with E-state index in [-0.39, 0.29) is 0 Å². The number of isocyanates is 1. The fourth-order valence-electron chi connectivity index (χ4n) is 1.23. The van der Waals surface area contributed by atoms with E-state index in [9.17, 15) is 4.79 Å². The molecule has 0 atom stereocenters. The van der Waals surface area contributed by atoms with Gasteiger partial charge in [0.2, 0.25) is 0 Å². The molecule has 0 bridgehead atoms. The Morgan fingerprint density at radius 3 is 2.00 bits per heavy atom. The van der Waals surface area contributed by atoms with Gasteiger partial charge in [0.1, 0.15) is 0 Å². The molecule has 0 aliphatic rings. The zero-order valence-electron chi connectivity index (χ0n) is 8.18. The average Bonchev–Trinajstić information content (AvgIpc) is 2.10. The van der Waals surface area contributed by atoms with Crippen molar-refractivity contribution in [1.82, 2.24) is 0 Å². The van der Waals surface area contributed by atoms with E-state index in [0.29, 0.717) is 0 Å². The van der Waals surface area contributed by atoms with E-state index in [1.807, 2.05) is 0 Å². The second-order valence-electron chi connectivity index (χ2n) is 3.16. The van der Waals surface area contributed by atoms with Gasteiger partial charge in [0, 0.05) is 0 Å². The molecular weight excluding hydrogens is 342 g/mol. The molecule has 0 rings (SSSR count). The van der Waals surface area contributed by atoms with E-state index >= 15 is 0 Å². The van der Waals surface area contributed by atoms with Crippen LogP contribution in [0.4, 0.5) is 0 Å². The summed E-state index contributed by atoms with van der Waals surface area (Å²) in [5, 5.41) is 0. The predicted octanol–water partition coefficient (Wildman–Crippen LogP) is 2.91. The van der Waals surface area contributed by atoms with Gasteiger partial charge in [-0.1, -0.05) is 0 Å². The van der Waals surface area contributed by atoms with E-state index in [0.717, 1.165) is 0 Å². The standard InChI is InChI=1S/2C4H9.CNO.Tl/c2*1-3-4-2;2-1-3;/h2*1,3-4H2,2H3;;/q;;-1;+1. The zero-order valence-corrected chi connectivity index (χ0v) is 12.7. The Morgan fingerprint density at radius 2 is 1.67 bits per heavy atom. The van der Waals surface area contributed by atoms with Gasteiger partial charge in [0.15, 0.2) is 0 Å². The topological polar surface area (TPSA) is 29.4 Å². The molecule has 0 aliphatic carbocycles. The first-order valence-electron chi connectivity index (χ1n) is 4.92. The van der Waals surface area contributed by atoms with E-state index in [2.05, 4.69) is 16.6 Å². The SMILES string of the molecule is CCC[CH2][Tl]([CH2]CCC)[N]=C=O. The van der Waals surface area contributed by atoms with Crippen LogP contribution in [0.15, 0.2) is 2.80 Å². The Morgan fingerprint density at radius 1 is 1.17 bits per heavy atom. The molecule has 2 nitrogen and oxygen atoms in total. The average molecular weight is 361 g/mol. The van der Waals surface area contributed by atoms with Gasteiger partial charge in [0.25, 0.3) is 0 Å². The van der Waals surface area contributed by atoms with Gasteiger partial charge in [-0.05, 0) is 0 Å². The molecule has 0 radical (unpaired) electrons. The minimum atomic E-state index is -1.85. The van der Waals surface area contributed by atoms with E-state index in [1.165, 1.54) is 33.6 Å². The molecule has 0 heterocycles. The van der Waals surface area contributed by atoms with Crippen molar-refractivity contribution in [3.05, 3.63) is 0 Å². The van der Waals surface area contributed by atoms with Crippen LogP contribution in [0.5, 0.6) is 0 Å². The summed E-state index contributed by atoms with van der Waals surface area (Å²) in [5.74, 6) is 0. The number of rotatable bonds is 7. The third-order valence-electron chi connectivity index (χ3n) is 2.02. The van der Waals surface area contributed by atoms with Crippen molar-refractivity contribution in [3.8, 4) is 0 Å². The molecule has 0 aromatic rings. The van der Waals surface area contributed by atoms with Crippen LogP contribution in [-0.2, 0) is 4.79 Å². The number of nitrogens with zero attached hydrogens (tertiary/aromatic N) is 1. The number of hydrogen-bond acceptors (Lipinski definition) is 2. The Balaban J connectivity index is 3.61. The molecular formula is C9H18NOTl. The third kappa shape index (κ3) is 6.98. The van der Waals surface area contributed by atoms with Gasteiger partial charge in [-0.2, -0.15) is 0 Å². The normalized spacial score (nSPS) is 9.17. The van der Waals surface area contributed by atoms with Crippen LogP contribution in [0.25, 0.3) is 0 Å². The van der Waals surface area contributed by atoms with Gasteiger partial charge in [-0.25, -0.2) is 0 Å². The third-order valence-corrected chi connectivity index (χ3v) is 12.2. The fourth-order valence-corrected chi connectivity index (χ4v) is 10.8. The number of hydrogen-bond donors (Lipinski definition) is 0. The molecule has 0 fully saturated rings. The Kier molecular flexibility index (Phi) is 9.63. The maximum atomic E-state index is 10.1. The Labute approximate surface area is 84.0 Å². The molecule has 0 saturated heterocycles. The molecule has 0 amide bonds. The van der Waals surface area contributed by atoms with Crippen LogP contribution in [0.3, 0.4) is 0 Å². The summed E-state index contributed by atoms with van der Waals surface area (Å²) >= 11 is -1.85. The van der Waals surface area contributed by atoms with Crippen molar-refractivity contribution in [3.63, 3.8) is 0 Å². The molecule has 0 aromatic carbocycles. The molecule has 3 heteroatoms. The van der Waals surface area contributed by atoms with Crippen molar-refractivity contribution < 1.29 is 4.79 Å². The monoisotopic (exact) mass is 361 g/mol. The van der Waals surface area contributed by atoms with Crippen molar-refractivity contribution in [1.29, 1.82) is 0 Å². The van der Waals surface area contributed by atoms with Crippen molar-refractivity contribution in [2.24, 2.45) is 2.80 Å². The van der Waals surface area contributed by atoms with Crippen LogP contribution in [0, 0.1) is 0 Å². The summed E-state index contributed by atoms with van der Waals surface area (Å²) in [7, 11) is 0. The second-order valence-corrected chi connectivity index (χ2v) is 13.7. The van der Waals surface area contributed by atoms with E-state index < -0.39 is 23.0 Å². The Hall–Kier alpha value is 0.302. The molecule has 0 N–H and O–H groups in total. The van der Waals surface area contributed by atoms with Crippen LogP contribution < -0.4 is 0 Å². The molecule has 0 saturated carbocycles. The number of carbonyl (C=O) groups excluding carboxylic acids is 1. The number of unbranched alkanes of at least 4 members (excludes halogenated alkanes) is 2. The molecule has 0 aliphatic heterocycles. The summed E-state index contributed by atoms with van der Waals surface area (Å²) in [6.07, 6.45) is 6.76. The van der Waals surface area contributed by atoms with Gasteiger partial charge < -0.3 is 0 Å². The van der Waals surface area contributed by atoms with Gasteiger partial charge in [0.05, 0.1) is 0 Å². The van der Waals surface area contributed by atoms with Gasteiger partial charge in [-0.3, -0.25) is 0 Å². The summed E-state index contributed by atoms with van der Waals surface area (Å²) < 4.78 is 6.56. The molecule has 12 heavy (non-hydrogen) atoms. The van der Waals surface area contributed by atoms with Crippen LogP contribution in [0.1, 0.15) is 39.5 Å². The summed E-state index contributed by atoms with van der Waals surface area (Å²) in [5.41, 5.74) is 0. The molecule has 0 aromatic heterocycles. The molecule has 0 spiro atoms. The first kappa shape index (κ1) is 12.3. The molecule has 0 unspecified atom stereocenters. The predicted molar refractivity (Wildman–Crippen MR) is 53.3 cm³/mol. The zero-order chi connectivity index (χ0) is 9.23. The summed E-state index contributed by atoms with van der Waals surface area (Å²) in [4.78, 5) is 10.1.